The van der Waals surface area contributed by atoms with E-state index in [1.165, 1.54) is 13.1 Å². The van der Waals surface area contributed by atoms with E-state index >= 15 is 0 Å². The molecule has 0 aliphatic carbocycles. The van der Waals surface area contributed by atoms with E-state index in [0.29, 0.717) is 6.61 Å². The van der Waals surface area contributed by atoms with Crippen molar-refractivity contribution in [3.05, 3.63) is 0 Å². The molecule has 0 aromatic heterocycles. The molecular formula is C14H30N2O. The average molecular weight is 242 g/mol. The molecule has 1 heterocycles. The van der Waals surface area contributed by atoms with Crippen LogP contribution in [0, 0.1) is 5.41 Å². The first-order valence-electron chi connectivity index (χ1n) is 7.25. The van der Waals surface area contributed by atoms with E-state index < -0.39 is 0 Å². The second-order valence-electron chi connectivity index (χ2n) is 5.38. The summed E-state index contributed by atoms with van der Waals surface area (Å²) in [5, 5.41) is 9.50. The van der Waals surface area contributed by atoms with Crippen LogP contribution >= 0.6 is 0 Å². The third kappa shape index (κ3) is 4.23. The van der Waals surface area contributed by atoms with Gasteiger partial charge in [0.15, 0.2) is 0 Å². The molecule has 1 aliphatic rings. The third-order valence-electron chi connectivity index (χ3n) is 4.63. The fraction of sp³-hybridized carbons (Fsp3) is 1.00. The molecule has 1 rings (SSSR count). The minimum Gasteiger partial charge on any atom is -0.396 e. The van der Waals surface area contributed by atoms with Crippen LogP contribution in [0.3, 0.4) is 0 Å². The highest BCUT2D eigenvalue weighted by Gasteiger charge is 2.31. The number of aliphatic hydroxyl groups is 1. The molecule has 102 valence electrons. The smallest absolute Gasteiger partial charge is 0.0488 e. The summed E-state index contributed by atoms with van der Waals surface area (Å²) in [5.74, 6) is 0. The van der Waals surface area contributed by atoms with E-state index in [2.05, 4.69) is 30.6 Å². The van der Waals surface area contributed by atoms with E-state index in [1.807, 2.05) is 0 Å². The Morgan fingerprint density at radius 3 is 2.12 bits per heavy atom. The number of likely N-dealkylation sites (tertiary alicyclic amines) is 1. The van der Waals surface area contributed by atoms with Crippen LogP contribution in [-0.4, -0.2) is 60.8 Å². The van der Waals surface area contributed by atoms with E-state index in [0.717, 1.165) is 45.4 Å². The van der Waals surface area contributed by atoms with E-state index in [1.54, 1.807) is 0 Å². The Morgan fingerprint density at radius 2 is 1.71 bits per heavy atom. The van der Waals surface area contributed by atoms with Gasteiger partial charge in [-0.05, 0) is 50.9 Å². The normalized spacial score (nSPS) is 21.0. The van der Waals surface area contributed by atoms with Gasteiger partial charge in [-0.1, -0.05) is 20.8 Å². The van der Waals surface area contributed by atoms with Gasteiger partial charge in [-0.3, -0.25) is 0 Å². The van der Waals surface area contributed by atoms with Crippen LogP contribution in [0.25, 0.3) is 0 Å². The largest absolute Gasteiger partial charge is 0.396 e. The van der Waals surface area contributed by atoms with Gasteiger partial charge in [0.25, 0.3) is 0 Å². The Labute approximate surface area is 107 Å². The highest BCUT2D eigenvalue weighted by Crippen LogP contribution is 2.33. The lowest BCUT2D eigenvalue weighted by atomic mass is 9.77. The first kappa shape index (κ1) is 14.9. The van der Waals surface area contributed by atoms with E-state index in [4.69, 9.17) is 0 Å². The summed E-state index contributed by atoms with van der Waals surface area (Å²) in [7, 11) is 0. The number of rotatable bonds is 7. The zero-order chi connectivity index (χ0) is 12.7. The van der Waals surface area contributed by atoms with Crippen molar-refractivity contribution in [3.63, 3.8) is 0 Å². The van der Waals surface area contributed by atoms with Crippen LogP contribution < -0.4 is 0 Å². The molecule has 0 bridgehead atoms. The average Bonchev–Trinajstić information content (AvgIpc) is 2.41. The predicted octanol–water partition coefficient (Wildman–Crippen LogP) is 1.81. The molecule has 0 aromatic rings. The predicted molar refractivity (Wildman–Crippen MR) is 73.3 cm³/mol. The van der Waals surface area contributed by atoms with Gasteiger partial charge in [0.2, 0.25) is 0 Å². The maximum atomic E-state index is 9.50. The zero-order valence-corrected chi connectivity index (χ0v) is 11.9. The van der Waals surface area contributed by atoms with Crippen LogP contribution in [0.15, 0.2) is 0 Å². The summed E-state index contributed by atoms with van der Waals surface area (Å²) in [6.07, 6.45) is 3.45. The molecule has 0 amide bonds. The molecule has 1 saturated heterocycles. The van der Waals surface area contributed by atoms with Gasteiger partial charge in [0, 0.05) is 19.7 Å². The third-order valence-corrected chi connectivity index (χ3v) is 4.63. The first-order chi connectivity index (χ1) is 8.19. The van der Waals surface area contributed by atoms with Crippen molar-refractivity contribution in [1.82, 2.24) is 9.80 Å². The fourth-order valence-corrected chi connectivity index (χ4v) is 2.70. The Morgan fingerprint density at radius 1 is 1.12 bits per heavy atom. The summed E-state index contributed by atoms with van der Waals surface area (Å²) in [6, 6.07) is 0. The Balaban J connectivity index is 2.27. The minimum absolute atomic E-state index is 0.228. The summed E-state index contributed by atoms with van der Waals surface area (Å²) in [4.78, 5) is 5.04. The molecule has 1 N–H and O–H groups in total. The number of piperidine rings is 1. The lowest BCUT2D eigenvalue weighted by Gasteiger charge is -2.40. The van der Waals surface area contributed by atoms with Crippen LogP contribution in [0.2, 0.25) is 0 Å². The Kier molecular flexibility index (Phi) is 6.45. The summed E-state index contributed by atoms with van der Waals surface area (Å²) >= 11 is 0. The molecular weight excluding hydrogens is 212 g/mol. The Bertz CT molecular complexity index is 188. The van der Waals surface area contributed by atoms with Crippen LogP contribution in [0.5, 0.6) is 0 Å². The van der Waals surface area contributed by atoms with Gasteiger partial charge in [0.1, 0.15) is 0 Å². The summed E-state index contributed by atoms with van der Waals surface area (Å²) in [5.41, 5.74) is 0.228. The first-order valence-corrected chi connectivity index (χ1v) is 7.25. The van der Waals surface area contributed by atoms with Crippen molar-refractivity contribution in [3.8, 4) is 0 Å². The lowest BCUT2D eigenvalue weighted by Crippen LogP contribution is -2.44. The summed E-state index contributed by atoms with van der Waals surface area (Å²) in [6.45, 7) is 14.0. The fourth-order valence-electron chi connectivity index (χ4n) is 2.70. The number of aliphatic hydroxyl groups excluding tert-OH is 1. The lowest BCUT2D eigenvalue weighted by molar-refractivity contribution is 0.0379. The minimum atomic E-state index is 0.228. The van der Waals surface area contributed by atoms with Gasteiger partial charge >= 0.3 is 0 Å². The van der Waals surface area contributed by atoms with Crippen LogP contribution in [-0.2, 0) is 0 Å². The molecule has 0 unspecified atom stereocenters. The monoisotopic (exact) mass is 242 g/mol. The molecule has 3 heteroatoms. The topological polar surface area (TPSA) is 26.7 Å². The van der Waals surface area contributed by atoms with Gasteiger partial charge < -0.3 is 14.9 Å². The number of hydrogen-bond acceptors (Lipinski definition) is 3. The second kappa shape index (κ2) is 7.34. The molecule has 3 nitrogen and oxygen atoms in total. The van der Waals surface area contributed by atoms with Crippen molar-refractivity contribution < 1.29 is 5.11 Å². The van der Waals surface area contributed by atoms with E-state index in [9.17, 15) is 5.11 Å². The summed E-state index contributed by atoms with van der Waals surface area (Å²) < 4.78 is 0. The van der Waals surface area contributed by atoms with Crippen molar-refractivity contribution in [2.75, 3.05) is 45.9 Å². The second-order valence-corrected chi connectivity index (χ2v) is 5.38. The molecule has 0 radical (unpaired) electrons. The standard InChI is InChI=1S/C14H30N2O/c1-4-14(13-17)7-9-16(10-8-14)12-11-15(5-2)6-3/h17H,4-13H2,1-3H3. The number of nitrogens with zero attached hydrogens (tertiary/aromatic N) is 2. The number of hydrogen-bond donors (Lipinski definition) is 1. The van der Waals surface area contributed by atoms with Gasteiger partial charge in [-0.15, -0.1) is 0 Å². The highest BCUT2D eigenvalue weighted by molar-refractivity contribution is 4.84. The maximum absolute atomic E-state index is 9.50. The maximum Gasteiger partial charge on any atom is 0.0488 e. The van der Waals surface area contributed by atoms with Crippen LogP contribution in [0.4, 0.5) is 0 Å². The molecule has 0 saturated carbocycles. The molecule has 0 spiro atoms. The Hall–Kier alpha value is -0.120. The van der Waals surface area contributed by atoms with Gasteiger partial charge in [-0.25, -0.2) is 0 Å². The quantitative estimate of drug-likeness (QED) is 0.737. The van der Waals surface area contributed by atoms with Crippen molar-refractivity contribution in [1.29, 1.82) is 0 Å². The molecule has 1 aliphatic heterocycles. The van der Waals surface area contributed by atoms with Crippen molar-refractivity contribution in [2.24, 2.45) is 5.41 Å². The van der Waals surface area contributed by atoms with E-state index in [-0.39, 0.29) is 5.41 Å². The van der Waals surface area contributed by atoms with Crippen molar-refractivity contribution in [2.45, 2.75) is 40.0 Å². The molecule has 17 heavy (non-hydrogen) atoms. The van der Waals surface area contributed by atoms with Crippen LogP contribution in [0.1, 0.15) is 40.0 Å². The zero-order valence-electron chi connectivity index (χ0n) is 11.9. The molecule has 1 fully saturated rings. The van der Waals surface area contributed by atoms with Gasteiger partial charge in [-0.2, -0.15) is 0 Å². The number of likely N-dealkylation sites (N-methyl/N-ethyl adjacent to an activating group) is 1. The molecule has 0 aromatic carbocycles. The van der Waals surface area contributed by atoms with Crippen molar-refractivity contribution >= 4 is 0 Å². The van der Waals surface area contributed by atoms with Gasteiger partial charge in [0.05, 0.1) is 0 Å². The SMILES string of the molecule is CCN(CC)CCN1CCC(CC)(CO)CC1. The highest BCUT2D eigenvalue weighted by atomic mass is 16.3. The molecule has 0 atom stereocenters.